The maximum atomic E-state index is 12.2. The molecule has 2 rings (SSSR count). The van der Waals surface area contributed by atoms with Crippen LogP contribution in [0.1, 0.15) is 54.2 Å². The first kappa shape index (κ1) is 16.0. The topological polar surface area (TPSA) is 55.4 Å². The average molecular weight is 309 g/mol. The van der Waals surface area contributed by atoms with Crippen LogP contribution in [0.4, 0.5) is 0 Å². The molecule has 5 heteroatoms. The molecule has 0 aliphatic heterocycles. The maximum Gasteiger partial charge on any atom is 0.349 e. The summed E-state index contributed by atoms with van der Waals surface area (Å²) in [6.45, 7) is 7.59. The SMILES string of the molecule is CC(C)NC(=O)[C@H](C)OC(=O)c1cc2c(s1)CC[C@H](C)C2. The van der Waals surface area contributed by atoms with Crippen LogP contribution in [0.3, 0.4) is 0 Å². The zero-order chi connectivity index (χ0) is 15.6. The van der Waals surface area contributed by atoms with E-state index < -0.39 is 12.1 Å². The van der Waals surface area contributed by atoms with Gasteiger partial charge >= 0.3 is 5.97 Å². The van der Waals surface area contributed by atoms with Crippen molar-refractivity contribution in [1.29, 1.82) is 0 Å². The van der Waals surface area contributed by atoms with Crippen molar-refractivity contribution in [3.63, 3.8) is 0 Å². The second kappa shape index (κ2) is 6.60. The first-order valence-corrected chi connectivity index (χ1v) is 8.31. The number of carbonyl (C=O) groups is 2. The highest BCUT2D eigenvalue weighted by Crippen LogP contribution is 2.32. The molecule has 1 aromatic heterocycles. The predicted molar refractivity (Wildman–Crippen MR) is 83.7 cm³/mol. The van der Waals surface area contributed by atoms with Crippen molar-refractivity contribution in [1.82, 2.24) is 5.32 Å². The number of thiophene rings is 1. The Labute approximate surface area is 129 Å². The summed E-state index contributed by atoms with van der Waals surface area (Å²) in [7, 11) is 0. The van der Waals surface area contributed by atoms with Crippen LogP contribution in [0.25, 0.3) is 0 Å². The summed E-state index contributed by atoms with van der Waals surface area (Å²) in [5, 5.41) is 2.74. The number of carbonyl (C=O) groups excluding carboxylic acids is 2. The summed E-state index contributed by atoms with van der Waals surface area (Å²) >= 11 is 1.51. The van der Waals surface area contributed by atoms with Gasteiger partial charge in [0, 0.05) is 10.9 Å². The van der Waals surface area contributed by atoms with Crippen molar-refractivity contribution >= 4 is 23.2 Å². The van der Waals surface area contributed by atoms with Gasteiger partial charge in [-0.2, -0.15) is 0 Å². The Kier molecular flexibility index (Phi) is 5.04. The summed E-state index contributed by atoms with van der Waals surface area (Å²) in [6.07, 6.45) is 2.48. The third-order valence-corrected chi connectivity index (χ3v) is 4.83. The number of nitrogens with one attached hydrogen (secondary N) is 1. The van der Waals surface area contributed by atoms with E-state index in [4.69, 9.17) is 4.74 Å². The third kappa shape index (κ3) is 4.06. The monoisotopic (exact) mass is 309 g/mol. The minimum atomic E-state index is -0.766. The Balaban J connectivity index is 1.99. The Hall–Kier alpha value is -1.36. The van der Waals surface area contributed by atoms with Crippen LogP contribution in [-0.4, -0.2) is 24.0 Å². The van der Waals surface area contributed by atoms with E-state index in [0.717, 1.165) is 12.8 Å². The van der Waals surface area contributed by atoms with E-state index in [0.29, 0.717) is 10.8 Å². The first-order valence-electron chi connectivity index (χ1n) is 7.49. The molecule has 0 radical (unpaired) electrons. The number of amides is 1. The summed E-state index contributed by atoms with van der Waals surface area (Å²) in [5.74, 6) is 0.0217. The molecule has 0 aromatic carbocycles. The molecular formula is C16H23NO3S. The quantitative estimate of drug-likeness (QED) is 0.870. The second-order valence-corrected chi connectivity index (χ2v) is 7.25. The Morgan fingerprint density at radius 2 is 2.10 bits per heavy atom. The highest BCUT2D eigenvalue weighted by molar-refractivity contribution is 7.14. The molecule has 21 heavy (non-hydrogen) atoms. The van der Waals surface area contributed by atoms with Crippen LogP contribution in [0.2, 0.25) is 0 Å². The summed E-state index contributed by atoms with van der Waals surface area (Å²) in [6, 6.07) is 1.97. The lowest BCUT2D eigenvalue weighted by atomic mass is 9.90. The molecule has 0 fully saturated rings. The number of hydrogen-bond acceptors (Lipinski definition) is 4. The number of aryl methyl sites for hydroxylation is 1. The molecule has 2 atom stereocenters. The van der Waals surface area contributed by atoms with Crippen LogP contribution in [-0.2, 0) is 22.4 Å². The van der Waals surface area contributed by atoms with Crippen molar-refractivity contribution in [2.45, 2.75) is 59.1 Å². The van der Waals surface area contributed by atoms with Crippen LogP contribution in [0.5, 0.6) is 0 Å². The lowest BCUT2D eigenvalue weighted by molar-refractivity contribution is -0.129. The number of ether oxygens (including phenoxy) is 1. The van der Waals surface area contributed by atoms with Gasteiger partial charge in [0.05, 0.1) is 0 Å². The van der Waals surface area contributed by atoms with Gasteiger partial charge in [0.1, 0.15) is 4.88 Å². The van der Waals surface area contributed by atoms with Crippen molar-refractivity contribution in [2.24, 2.45) is 5.92 Å². The molecule has 0 saturated carbocycles. The summed E-state index contributed by atoms with van der Waals surface area (Å²) in [5.41, 5.74) is 1.27. The molecule has 1 amide bonds. The molecular weight excluding hydrogens is 286 g/mol. The van der Waals surface area contributed by atoms with Gasteiger partial charge in [-0.05, 0) is 57.6 Å². The van der Waals surface area contributed by atoms with E-state index in [1.54, 1.807) is 6.92 Å². The number of hydrogen-bond donors (Lipinski definition) is 1. The smallest absolute Gasteiger partial charge is 0.349 e. The zero-order valence-corrected chi connectivity index (χ0v) is 13.9. The second-order valence-electron chi connectivity index (χ2n) is 6.12. The lowest BCUT2D eigenvalue weighted by Gasteiger charge is -2.16. The predicted octanol–water partition coefficient (Wildman–Crippen LogP) is 2.94. The van der Waals surface area contributed by atoms with Crippen molar-refractivity contribution in [2.75, 3.05) is 0 Å². The molecule has 1 aliphatic rings. The minimum Gasteiger partial charge on any atom is -0.448 e. The standard InChI is InChI=1S/C16H23NO3S/c1-9(2)17-15(18)11(4)20-16(19)14-8-12-7-10(3)5-6-13(12)21-14/h8-11H,5-7H2,1-4H3,(H,17,18)/t10-,11-/m0/s1. The fourth-order valence-electron chi connectivity index (χ4n) is 2.48. The van der Waals surface area contributed by atoms with E-state index in [9.17, 15) is 9.59 Å². The normalized spacial score (nSPS) is 19.0. The van der Waals surface area contributed by atoms with E-state index in [1.807, 2.05) is 19.9 Å². The van der Waals surface area contributed by atoms with Gasteiger partial charge in [0.2, 0.25) is 0 Å². The van der Waals surface area contributed by atoms with Gasteiger partial charge in [-0.25, -0.2) is 4.79 Å². The molecule has 4 nitrogen and oxygen atoms in total. The zero-order valence-electron chi connectivity index (χ0n) is 13.1. The average Bonchev–Trinajstić information content (AvgIpc) is 2.80. The van der Waals surface area contributed by atoms with Crippen molar-refractivity contribution < 1.29 is 14.3 Å². The van der Waals surface area contributed by atoms with Crippen LogP contribution in [0.15, 0.2) is 6.07 Å². The summed E-state index contributed by atoms with van der Waals surface area (Å²) in [4.78, 5) is 25.8. The molecule has 1 heterocycles. The largest absolute Gasteiger partial charge is 0.448 e. The number of rotatable bonds is 4. The fourth-order valence-corrected chi connectivity index (χ4v) is 3.57. The molecule has 0 bridgehead atoms. The number of esters is 1. The molecule has 1 aromatic rings. The highest BCUT2D eigenvalue weighted by atomic mass is 32.1. The molecule has 0 unspecified atom stereocenters. The van der Waals surface area contributed by atoms with Gasteiger partial charge in [0.25, 0.3) is 5.91 Å². The Morgan fingerprint density at radius 1 is 1.38 bits per heavy atom. The Bertz CT molecular complexity index is 536. The minimum absolute atomic E-state index is 0.0363. The van der Waals surface area contributed by atoms with Crippen LogP contribution >= 0.6 is 11.3 Å². The first-order chi connectivity index (χ1) is 9.86. The molecule has 0 saturated heterocycles. The van der Waals surface area contributed by atoms with E-state index in [-0.39, 0.29) is 11.9 Å². The lowest BCUT2D eigenvalue weighted by Crippen LogP contribution is -2.39. The van der Waals surface area contributed by atoms with Gasteiger partial charge in [-0.15, -0.1) is 11.3 Å². The fraction of sp³-hybridized carbons (Fsp3) is 0.625. The molecule has 116 valence electrons. The molecule has 1 aliphatic carbocycles. The summed E-state index contributed by atoms with van der Waals surface area (Å²) < 4.78 is 5.26. The van der Waals surface area contributed by atoms with E-state index in [1.165, 1.54) is 28.2 Å². The Morgan fingerprint density at radius 3 is 2.76 bits per heavy atom. The molecule has 1 N–H and O–H groups in total. The van der Waals surface area contributed by atoms with E-state index >= 15 is 0 Å². The van der Waals surface area contributed by atoms with Crippen LogP contribution < -0.4 is 5.32 Å². The van der Waals surface area contributed by atoms with Gasteiger partial charge in [-0.1, -0.05) is 6.92 Å². The highest BCUT2D eigenvalue weighted by Gasteiger charge is 2.24. The van der Waals surface area contributed by atoms with Crippen molar-refractivity contribution in [3.8, 4) is 0 Å². The molecule has 0 spiro atoms. The maximum absolute atomic E-state index is 12.2. The van der Waals surface area contributed by atoms with E-state index in [2.05, 4.69) is 12.2 Å². The third-order valence-electron chi connectivity index (χ3n) is 3.61. The van der Waals surface area contributed by atoms with Gasteiger partial charge in [-0.3, -0.25) is 4.79 Å². The van der Waals surface area contributed by atoms with Gasteiger partial charge in [0.15, 0.2) is 6.10 Å². The van der Waals surface area contributed by atoms with Crippen LogP contribution in [0, 0.1) is 5.92 Å². The van der Waals surface area contributed by atoms with Crippen molar-refractivity contribution in [3.05, 3.63) is 21.4 Å². The van der Waals surface area contributed by atoms with Gasteiger partial charge < -0.3 is 10.1 Å². The number of fused-ring (bicyclic) bond motifs is 1.